The first-order chi connectivity index (χ1) is 9.04. The van der Waals surface area contributed by atoms with Crippen molar-refractivity contribution in [1.82, 2.24) is 5.32 Å². The molecule has 0 aromatic heterocycles. The molecule has 0 radical (unpaired) electrons. The van der Waals surface area contributed by atoms with Crippen molar-refractivity contribution in [3.8, 4) is 0 Å². The number of carboxylic acids is 1. The molecule has 0 aromatic carbocycles. The molecule has 0 heterocycles. The summed E-state index contributed by atoms with van der Waals surface area (Å²) in [4.78, 5) is 23.1. The van der Waals surface area contributed by atoms with Gasteiger partial charge in [0.2, 0.25) is 5.91 Å². The van der Waals surface area contributed by atoms with E-state index < -0.39 is 11.4 Å². The second-order valence-electron chi connectivity index (χ2n) is 5.76. The molecule has 1 rings (SSSR count). The molecule has 1 saturated carbocycles. The number of rotatable bonds is 8. The molecule has 19 heavy (non-hydrogen) atoms. The van der Waals surface area contributed by atoms with E-state index in [1.54, 1.807) is 0 Å². The summed E-state index contributed by atoms with van der Waals surface area (Å²) < 4.78 is 0. The first-order valence-electron chi connectivity index (χ1n) is 7.54. The van der Waals surface area contributed by atoms with Crippen LogP contribution in [0.5, 0.6) is 0 Å². The predicted octanol–water partition coefficient (Wildman–Crippen LogP) is 2.96. The van der Waals surface area contributed by atoms with Crippen LogP contribution in [0.25, 0.3) is 0 Å². The lowest BCUT2D eigenvalue weighted by atomic mass is 9.82. The lowest BCUT2D eigenvalue weighted by Gasteiger charge is -2.26. The van der Waals surface area contributed by atoms with Gasteiger partial charge in [-0.3, -0.25) is 9.59 Å². The molecular formula is C15H27NO3. The van der Waals surface area contributed by atoms with E-state index >= 15 is 0 Å². The van der Waals surface area contributed by atoms with E-state index in [0.717, 1.165) is 6.42 Å². The van der Waals surface area contributed by atoms with Crippen LogP contribution in [0.3, 0.4) is 0 Å². The third-order valence-electron chi connectivity index (χ3n) is 4.69. The Morgan fingerprint density at radius 3 is 2.26 bits per heavy atom. The Morgan fingerprint density at radius 1 is 1.21 bits per heavy atom. The van der Waals surface area contributed by atoms with Gasteiger partial charge in [-0.1, -0.05) is 39.5 Å². The standard InChI is InChI=1S/C15H27NO3/c1-3-15(4-2,14(18)19)11-16-13(17)10-9-12-7-5-6-8-12/h12H,3-11H2,1-2H3,(H,16,17)(H,18,19). The Balaban J connectivity index is 2.32. The number of aliphatic carboxylic acids is 1. The highest BCUT2D eigenvalue weighted by molar-refractivity contribution is 5.79. The van der Waals surface area contributed by atoms with Crippen LogP contribution >= 0.6 is 0 Å². The molecule has 0 aromatic rings. The van der Waals surface area contributed by atoms with Crippen LogP contribution in [0, 0.1) is 11.3 Å². The summed E-state index contributed by atoms with van der Waals surface area (Å²) in [6.45, 7) is 3.98. The van der Waals surface area contributed by atoms with E-state index in [4.69, 9.17) is 0 Å². The fraction of sp³-hybridized carbons (Fsp3) is 0.867. The van der Waals surface area contributed by atoms with Gasteiger partial charge < -0.3 is 10.4 Å². The minimum Gasteiger partial charge on any atom is -0.481 e. The molecule has 0 aliphatic heterocycles. The van der Waals surface area contributed by atoms with E-state index in [-0.39, 0.29) is 12.5 Å². The molecule has 1 aliphatic rings. The first kappa shape index (κ1) is 16.0. The largest absolute Gasteiger partial charge is 0.481 e. The Hall–Kier alpha value is -1.06. The van der Waals surface area contributed by atoms with Crippen LogP contribution in [-0.2, 0) is 9.59 Å². The number of carbonyl (C=O) groups is 2. The van der Waals surface area contributed by atoms with Crippen LogP contribution < -0.4 is 5.32 Å². The van der Waals surface area contributed by atoms with Crippen molar-refractivity contribution in [2.75, 3.05) is 6.54 Å². The van der Waals surface area contributed by atoms with Crippen molar-refractivity contribution < 1.29 is 14.7 Å². The second kappa shape index (κ2) is 7.51. The monoisotopic (exact) mass is 269 g/mol. The van der Waals surface area contributed by atoms with Gasteiger partial charge >= 0.3 is 5.97 Å². The van der Waals surface area contributed by atoms with Crippen LogP contribution in [0.4, 0.5) is 0 Å². The third kappa shape index (κ3) is 4.51. The predicted molar refractivity (Wildman–Crippen MR) is 74.9 cm³/mol. The van der Waals surface area contributed by atoms with Crippen molar-refractivity contribution >= 4 is 11.9 Å². The number of hydrogen-bond acceptors (Lipinski definition) is 2. The summed E-state index contributed by atoms with van der Waals surface area (Å²) in [6, 6.07) is 0. The molecule has 0 unspecified atom stereocenters. The maximum absolute atomic E-state index is 11.8. The highest BCUT2D eigenvalue weighted by Crippen LogP contribution is 2.29. The molecule has 110 valence electrons. The summed E-state index contributed by atoms with van der Waals surface area (Å²) in [7, 11) is 0. The van der Waals surface area contributed by atoms with Gasteiger partial charge in [0.1, 0.15) is 0 Å². The zero-order valence-corrected chi connectivity index (χ0v) is 12.2. The van der Waals surface area contributed by atoms with Crippen molar-refractivity contribution in [3.63, 3.8) is 0 Å². The summed E-state index contributed by atoms with van der Waals surface area (Å²) in [5.41, 5.74) is -0.803. The van der Waals surface area contributed by atoms with Crippen molar-refractivity contribution in [1.29, 1.82) is 0 Å². The Kier molecular flexibility index (Phi) is 6.32. The molecule has 0 spiro atoms. The number of amides is 1. The van der Waals surface area contributed by atoms with Crippen molar-refractivity contribution in [2.24, 2.45) is 11.3 Å². The van der Waals surface area contributed by atoms with E-state index in [2.05, 4.69) is 5.32 Å². The summed E-state index contributed by atoms with van der Waals surface area (Å²) in [5, 5.41) is 12.1. The Morgan fingerprint density at radius 2 is 1.79 bits per heavy atom. The first-order valence-corrected chi connectivity index (χ1v) is 7.54. The maximum atomic E-state index is 11.8. The summed E-state index contributed by atoms with van der Waals surface area (Å²) >= 11 is 0. The van der Waals surface area contributed by atoms with Crippen LogP contribution in [0.15, 0.2) is 0 Å². The summed E-state index contributed by atoms with van der Waals surface area (Å²) in [6.07, 6.45) is 7.65. The number of carboxylic acid groups (broad SMARTS) is 1. The molecule has 1 fully saturated rings. The van der Waals surface area contributed by atoms with Gasteiger partial charge in [-0.05, 0) is 25.2 Å². The molecule has 0 bridgehead atoms. The number of carbonyl (C=O) groups excluding carboxylic acids is 1. The SMILES string of the molecule is CCC(CC)(CNC(=O)CCC1CCCC1)C(=O)O. The van der Waals surface area contributed by atoms with Gasteiger partial charge in [0.05, 0.1) is 5.41 Å². The summed E-state index contributed by atoms with van der Waals surface area (Å²) in [5.74, 6) is -0.111. The highest BCUT2D eigenvalue weighted by atomic mass is 16.4. The smallest absolute Gasteiger partial charge is 0.311 e. The fourth-order valence-corrected chi connectivity index (χ4v) is 2.87. The van der Waals surface area contributed by atoms with E-state index in [0.29, 0.717) is 25.2 Å². The van der Waals surface area contributed by atoms with Gasteiger partial charge in [0, 0.05) is 13.0 Å². The highest BCUT2D eigenvalue weighted by Gasteiger charge is 2.35. The maximum Gasteiger partial charge on any atom is 0.311 e. The van der Waals surface area contributed by atoms with Crippen LogP contribution in [0.1, 0.15) is 65.2 Å². The number of hydrogen-bond donors (Lipinski definition) is 2. The molecule has 0 atom stereocenters. The molecule has 1 aliphatic carbocycles. The van der Waals surface area contributed by atoms with Crippen LogP contribution in [-0.4, -0.2) is 23.5 Å². The Labute approximate surface area is 116 Å². The molecule has 4 heteroatoms. The number of nitrogens with one attached hydrogen (secondary N) is 1. The van der Waals surface area contributed by atoms with E-state index in [1.807, 2.05) is 13.8 Å². The average molecular weight is 269 g/mol. The van der Waals surface area contributed by atoms with Gasteiger partial charge in [-0.25, -0.2) is 0 Å². The topological polar surface area (TPSA) is 66.4 Å². The second-order valence-corrected chi connectivity index (χ2v) is 5.76. The lowest BCUT2D eigenvalue weighted by molar-refractivity contribution is -0.149. The normalized spacial score (nSPS) is 16.5. The lowest BCUT2D eigenvalue weighted by Crippen LogP contribution is -2.42. The quantitative estimate of drug-likeness (QED) is 0.712. The molecule has 4 nitrogen and oxygen atoms in total. The minimum absolute atomic E-state index is 0.000532. The fourth-order valence-electron chi connectivity index (χ4n) is 2.87. The molecular weight excluding hydrogens is 242 g/mol. The Bertz CT molecular complexity index is 305. The molecule has 1 amide bonds. The third-order valence-corrected chi connectivity index (χ3v) is 4.69. The average Bonchev–Trinajstić information content (AvgIpc) is 2.91. The van der Waals surface area contributed by atoms with Crippen LogP contribution in [0.2, 0.25) is 0 Å². The van der Waals surface area contributed by atoms with Gasteiger partial charge in [0.15, 0.2) is 0 Å². The zero-order valence-electron chi connectivity index (χ0n) is 12.2. The van der Waals surface area contributed by atoms with Crippen molar-refractivity contribution in [2.45, 2.75) is 65.2 Å². The zero-order chi connectivity index (χ0) is 14.3. The molecule has 0 saturated heterocycles. The molecule has 2 N–H and O–H groups in total. The van der Waals surface area contributed by atoms with E-state index in [1.165, 1.54) is 25.7 Å². The van der Waals surface area contributed by atoms with Crippen molar-refractivity contribution in [3.05, 3.63) is 0 Å². The van der Waals surface area contributed by atoms with E-state index in [9.17, 15) is 14.7 Å². The van der Waals surface area contributed by atoms with Gasteiger partial charge in [-0.15, -0.1) is 0 Å². The van der Waals surface area contributed by atoms with Gasteiger partial charge in [-0.2, -0.15) is 0 Å². The minimum atomic E-state index is -0.811. The van der Waals surface area contributed by atoms with Gasteiger partial charge in [0.25, 0.3) is 0 Å².